The molecule has 4 rings (SSSR count). The van der Waals surface area contributed by atoms with Crippen LogP contribution in [-0.2, 0) is 6.54 Å². The lowest BCUT2D eigenvalue weighted by atomic mass is 10.1. The van der Waals surface area contributed by atoms with Crippen molar-refractivity contribution in [2.75, 3.05) is 5.32 Å². The van der Waals surface area contributed by atoms with Gasteiger partial charge in [-0.3, -0.25) is 0 Å². The Morgan fingerprint density at radius 1 is 1.29 bits per heavy atom. The molecule has 146 valence electrons. The van der Waals surface area contributed by atoms with Crippen LogP contribution < -0.4 is 15.9 Å². The first-order chi connectivity index (χ1) is 13.3. The SMILES string of the molecule is C=C1C=c2nc(C)nc(NCc3cccc(C(F)F)c3F)c2=CN1C1(C)CC1. The minimum absolute atomic E-state index is 0.0430. The van der Waals surface area contributed by atoms with E-state index in [9.17, 15) is 13.2 Å². The van der Waals surface area contributed by atoms with Crippen LogP contribution in [0.15, 0.2) is 30.5 Å². The number of alkyl halides is 2. The van der Waals surface area contributed by atoms with E-state index < -0.39 is 17.8 Å². The molecule has 1 N–H and O–H groups in total. The maximum Gasteiger partial charge on any atom is 0.266 e. The Labute approximate surface area is 161 Å². The van der Waals surface area contributed by atoms with Crippen molar-refractivity contribution in [2.24, 2.45) is 0 Å². The molecule has 0 radical (unpaired) electrons. The number of benzene rings is 1. The van der Waals surface area contributed by atoms with E-state index in [2.05, 4.69) is 33.7 Å². The van der Waals surface area contributed by atoms with Crippen LogP contribution in [0.1, 0.15) is 43.1 Å². The van der Waals surface area contributed by atoms with Gasteiger partial charge in [-0.15, -0.1) is 0 Å². The van der Waals surface area contributed by atoms with Crippen LogP contribution in [0.5, 0.6) is 0 Å². The normalized spacial score (nSPS) is 17.1. The highest BCUT2D eigenvalue weighted by atomic mass is 19.3. The van der Waals surface area contributed by atoms with Crippen molar-refractivity contribution in [2.45, 2.75) is 45.2 Å². The molecular weight excluding hydrogens is 365 g/mol. The molecule has 4 nitrogen and oxygen atoms in total. The third-order valence-corrected chi connectivity index (χ3v) is 5.30. The molecule has 0 saturated heterocycles. The Bertz CT molecular complexity index is 1070. The zero-order chi connectivity index (χ0) is 20.1. The van der Waals surface area contributed by atoms with Crippen LogP contribution in [0.25, 0.3) is 12.3 Å². The molecule has 28 heavy (non-hydrogen) atoms. The van der Waals surface area contributed by atoms with E-state index in [4.69, 9.17) is 0 Å². The molecule has 2 heterocycles. The van der Waals surface area contributed by atoms with Crippen LogP contribution in [0.3, 0.4) is 0 Å². The quantitative estimate of drug-likeness (QED) is 0.856. The van der Waals surface area contributed by atoms with Crippen molar-refractivity contribution in [3.8, 4) is 0 Å². The van der Waals surface area contributed by atoms with Gasteiger partial charge in [0.2, 0.25) is 0 Å². The Kier molecular flexibility index (Phi) is 4.40. The van der Waals surface area contributed by atoms with Crippen molar-refractivity contribution in [3.05, 3.63) is 63.8 Å². The van der Waals surface area contributed by atoms with Crippen molar-refractivity contribution in [1.82, 2.24) is 14.9 Å². The van der Waals surface area contributed by atoms with Gasteiger partial charge in [0.15, 0.2) is 0 Å². The maximum absolute atomic E-state index is 14.3. The summed E-state index contributed by atoms with van der Waals surface area (Å²) in [4.78, 5) is 11.0. The van der Waals surface area contributed by atoms with Gasteiger partial charge < -0.3 is 10.2 Å². The summed E-state index contributed by atoms with van der Waals surface area (Å²) >= 11 is 0. The van der Waals surface area contributed by atoms with E-state index in [1.54, 1.807) is 6.92 Å². The van der Waals surface area contributed by atoms with Crippen LogP contribution in [0.2, 0.25) is 0 Å². The van der Waals surface area contributed by atoms with Crippen LogP contribution >= 0.6 is 0 Å². The van der Waals surface area contributed by atoms with Gasteiger partial charge in [-0.2, -0.15) is 0 Å². The third kappa shape index (κ3) is 3.25. The number of aryl methyl sites for hydroxylation is 1. The van der Waals surface area contributed by atoms with Crippen LogP contribution in [-0.4, -0.2) is 20.4 Å². The second-order valence-electron chi connectivity index (χ2n) is 7.52. The van der Waals surface area contributed by atoms with Crippen LogP contribution in [0.4, 0.5) is 19.0 Å². The zero-order valence-corrected chi connectivity index (χ0v) is 15.8. The Morgan fingerprint density at radius 2 is 2.04 bits per heavy atom. The summed E-state index contributed by atoms with van der Waals surface area (Å²) in [6, 6.07) is 4.02. The lowest BCUT2D eigenvalue weighted by molar-refractivity contribution is 0.146. The predicted molar refractivity (Wildman–Crippen MR) is 102 cm³/mol. The molecule has 0 spiro atoms. The molecule has 7 heteroatoms. The van der Waals surface area contributed by atoms with Crippen molar-refractivity contribution >= 4 is 18.1 Å². The summed E-state index contributed by atoms with van der Waals surface area (Å²) in [5.41, 5.74) is 0.486. The Morgan fingerprint density at radius 3 is 2.71 bits per heavy atom. The van der Waals surface area contributed by atoms with Gasteiger partial charge in [-0.1, -0.05) is 24.8 Å². The average Bonchev–Trinajstić information content (AvgIpc) is 3.38. The van der Waals surface area contributed by atoms with E-state index in [1.807, 2.05) is 12.3 Å². The number of rotatable bonds is 5. The highest BCUT2D eigenvalue weighted by Crippen LogP contribution is 2.43. The van der Waals surface area contributed by atoms with Crippen molar-refractivity contribution in [1.29, 1.82) is 0 Å². The largest absolute Gasteiger partial charge is 0.365 e. The summed E-state index contributed by atoms with van der Waals surface area (Å²) < 4.78 is 40.2. The number of fused-ring (bicyclic) bond motifs is 1. The number of anilines is 1. The highest BCUT2D eigenvalue weighted by Gasteiger charge is 2.43. The number of hydrogen-bond acceptors (Lipinski definition) is 4. The fourth-order valence-electron chi connectivity index (χ4n) is 3.42. The van der Waals surface area contributed by atoms with E-state index in [1.165, 1.54) is 12.1 Å². The standard InChI is InChI=1S/C21H21F3N4/c1-12-9-17-16(11-28(12)21(3)7-8-21)20(27-13(2)26-17)25-10-14-5-4-6-15(18(14)22)19(23)24/h4-6,9,11,19H,1,7-8,10H2,2-3H3,(H,25,26,27). The van der Waals surface area contributed by atoms with Crippen LogP contribution in [0, 0.1) is 12.7 Å². The van der Waals surface area contributed by atoms with E-state index in [0.717, 1.165) is 35.2 Å². The maximum atomic E-state index is 14.3. The summed E-state index contributed by atoms with van der Waals surface area (Å²) in [7, 11) is 0. The molecule has 2 aliphatic rings. The molecule has 1 saturated carbocycles. The lowest BCUT2D eigenvalue weighted by Gasteiger charge is -2.30. The van der Waals surface area contributed by atoms with E-state index in [0.29, 0.717) is 11.6 Å². The molecule has 0 unspecified atom stereocenters. The predicted octanol–water partition coefficient (Wildman–Crippen LogP) is 3.37. The van der Waals surface area contributed by atoms with E-state index in [-0.39, 0.29) is 17.6 Å². The van der Waals surface area contributed by atoms with E-state index >= 15 is 0 Å². The molecular formula is C21H21F3N4. The number of halogens is 3. The first-order valence-electron chi connectivity index (χ1n) is 9.14. The summed E-state index contributed by atoms with van der Waals surface area (Å²) in [6.07, 6.45) is 3.19. The second kappa shape index (κ2) is 6.65. The molecule has 1 aromatic heterocycles. The number of nitrogens with one attached hydrogen (secondary N) is 1. The molecule has 1 aromatic carbocycles. The lowest BCUT2D eigenvalue weighted by Crippen LogP contribution is -2.42. The Balaban J connectivity index is 1.70. The molecule has 0 bridgehead atoms. The first-order valence-corrected chi connectivity index (χ1v) is 9.14. The summed E-state index contributed by atoms with van der Waals surface area (Å²) in [5, 5.41) is 4.63. The second-order valence-corrected chi connectivity index (χ2v) is 7.52. The van der Waals surface area contributed by atoms with Gasteiger partial charge >= 0.3 is 0 Å². The number of nitrogens with zero attached hydrogens (tertiary/aromatic N) is 3. The number of allylic oxidation sites excluding steroid dienone is 1. The Hall–Kier alpha value is -2.83. The molecule has 1 fully saturated rings. The van der Waals surface area contributed by atoms with Crippen molar-refractivity contribution < 1.29 is 13.2 Å². The average molecular weight is 386 g/mol. The summed E-state index contributed by atoms with van der Waals surface area (Å²) in [5.74, 6) is 0.217. The van der Waals surface area contributed by atoms with Gasteiger partial charge in [0.25, 0.3) is 6.43 Å². The van der Waals surface area contributed by atoms with Gasteiger partial charge in [0.05, 0.1) is 16.1 Å². The van der Waals surface area contributed by atoms with Gasteiger partial charge in [-0.05, 0) is 32.8 Å². The van der Waals surface area contributed by atoms with Crippen molar-refractivity contribution in [3.63, 3.8) is 0 Å². The number of hydrogen-bond donors (Lipinski definition) is 1. The molecule has 0 amide bonds. The topological polar surface area (TPSA) is 41.1 Å². The monoisotopic (exact) mass is 386 g/mol. The smallest absolute Gasteiger partial charge is 0.266 e. The third-order valence-electron chi connectivity index (χ3n) is 5.30. The van der Waals surface area contributed by atoms with Gasteiger partial charge in [-0.25, -0.2) is 23.1 Å². The molecule has 2 aromatic rings. The zero-order valence-electron chi connectivity index (χ0n) is 15.8. The highest BCUT2D eigenvalue weighted by molar-refractivity contribution is 5.57. The summed E-state index contributed by atoms with van der Waals surface area (Å²) in [6.45, 7) is 8.11. The molecule has 1 aliphatic carbocycles. The molecule has 1 aliphatic heterocycles. The minimum atomic E-state index is -2.85. The first kappa shape index (κ1) is 18.5. The fraction of sp³-hybridized carbons (Fsp3) is 0.333. The molecule has 0 atom stereocenters. The fourth-order valence-corrected chi connectivity index (χ4v) is 3.42. The number of aromatic nitrogens is 2. The minimum Gasteiger partial charge on any atom is -0.365 e. The van der Waals surface area contributed by atoms with Gasteiger partial charge in [0, 0.05) is 29.5 Å². The van der Waals surface area contributed by atoms with Gasteiger partial charge in [0.1, 0.15) is 17.5 Å².